The Morgan fingerprint density at radius 2 is 1.68 bits per heavy atom. The first-order chi connectivity index (χ1) is 16.3. The molecule has 0 radical (unpaired) electrons. The van der Waals surface area contributed by atoms with Crippen molar-refractivity contribution < 1.29 is 33.8 Å². The van der Waals surface area contributed by atoms with Crippen LogP contribution in [0.1, 0.15) is 24.0 Å². The number of nitrogens with one attached hydrogen (secondary N) is 1. The Hall–Kier alpha value is -3.92. The number of rotatable bonds is 7. The van der Waals surface area contributed by atoms with Crippen molar-refractivity contribution in [3.63, 3.8) is 0 Å². The molecule has 0 bridgehead atoms. The zero-order chi connectivity index (χ0) is 24.4. The lowest BCUT2D eigenvalue weighted by Gasteiger charge is -2.48. The van der Waals surface area contributed by atoms with E-state index in [2.05, 4.69) is 5.32 Å². The van der Waals surface area contributed by atoms with E-state index in [-0.39, 0.29) is 12.2 Å². The van der Waals surface area contributed by atoms with E-state index in [4.69, 9.17) is 4.74 Å². The van der Waals surface area contributed by atoms with Crippen molar-refractivity contribution in [2.75, 3.05) is 0 Å². The minimum absolute atomic E-state index is 0.0363. The topological polar surface area (TPSA) is 130 Å². The van der Waals surface area contributed by atoms with E-state index in [1.807, 2.05) is 6.07 Å². The van der Waals surface area contributed by atoms with Gasteiger partial charge in [0, 0.05) is 5.57 Å². The van der Waals surface area contributed by atoms with Crippen molar-refractivity contribution in [1.82, 2.24) is 10.2 Å². The number of carbonyl (C=O) groups excluding carboxylic acids is 4. The van der Waals surface area contributed by atoms with Gasteiger partial charge in [-0.2, -0.15) is 0 Å². The SMILES string of the molecule is CC1=C(C(=O)O)N2C(=O)C(NC(=O)C(C(=O)OCc3ccccc3)c3ccccc3)[C@@H]2SC1=O. The van der Waals surface area contributed by atoms with Gasteiger partial charge in [-0.15, -0.1) is 0 Å². The van der Waals surface area contributed by atoms with Gasteiger partial charge in [0.2, 0.25) is 11.0 Å². The van der Waals surface area contributed by atoms with Crippen LogP contribution in [0, 0.1) is 0 Å². The van der Waals surface area contributed by atoms with Crippen LogP contribution in [0.15, 0.2) is 71.9 Å². The molecule has 174 valence electrons. The van der Waals surface area contributed by atoms with Gasteiger partial charge in [-0.3, -0.25) is 24.1 Å². The lowest BCUT2D eigenvalue weighted by molar-refractivity contribution is -0.154. The maximum atomic E-state index is 13.2. The monoisotopic (exact) mass is 480 g/mol. The largest absolute Gasteiger partial charge is 0.477 e. The summed E-state index contributed by atoms with van der Waals surface area (Å²) in [6.07, 6.45) is 0. The van der Waals surface area contributed by atoms with Gasteiger partial charge in [0.1, 0.15) is 23.7 Å². The number of β-lactam (4-membered cyclic amide) rings is 1. The fraction of sp³-hybridized carbons (Fsp3) is 0.208. The molecular formula is C24H20N2O7S. The molecule has 1 saturated heterocycles. The summed E-state index contributed by atoms with van der Waals surface area (Å²) in [7, 11) is 0. The standard InChI is InChI=1S/C24H20N2O7S/c1-13-18(22(29)30)26-20(28)17(21(26)34-24(13)32)25-19(27)16(15-10-6-3-7-11-15)23(31)33-12-14-8-4-2-5-9-14/h2-11,16-17,21H,12H2,1H3,(H,25,27)(H,29,30)/t16?,17?,21-/m0/s1. The minimum atomic E-state index is -1.40. The second kappa shape index (κ2) is 9.52. The number of carboxylic acids is 1. The van der Waals surface area contributed by atoms with Gasteiger partial charge in [-0.25, -0.2) is 4.79 Å². The van der Waals surface area contributed by atoms with Gasteiger partial charge in [-0.1, -0.05) is 72.4 Å². The molecule has 2 N–H and O–H groups in total. The molecule has 2 aromatic carbocycles. The van der Waals surface area contributed by atoms with Crippen LogP contribution < -0.4 is 5.32 Å². The van der Waals surface area contributed by atoms with E-state index in [9.17, 15) is 29.1 Å². The summed E-state index contributed by atoms with van der Waals surface area (Å²) < 4.78 is 5.37. The summed E-state index contributed by atoms with van der Waals surface area (Å²) in [5, 5.41) is 10.6. The number of carboxylic acid groups (broad SMARTS) is 1. The summed E-state index contributed by atoms with van der Waals surface area (Å²) in [5.74, 6) is -5.00. The average molecular weight is 480 g/mol. The van der Waals surface area contributed by atoms with Gasteiger partial charge < -0.3 is 15.2 Å². The highest BCUT2D eigenvalue weighted by Gasteiger charge is 2.56. The van der Waals surface area contributed by atoms with Crippen LogP contribution in [0.25, 0.3) is 0 Å². The van der Waals surface area contributed by atoms with Crippen molar-refractivity contribution in [3.05, 3.63) is 83.1 Å². The Balaban J connectivity index is 1.53. The van der Waals surface area contributed by atoms with E-state index in [1.165, 1.54) is 6.92 Å². The third-order valence-electron chi connectivity index (χ3n) is 5.53. The highest BCUT2D eigenvalue weighted by Crippen LogP contribution is 2.41. The first-order valence-electron chi connectivity index (χ1n) is 10.3. The number of fused-ring (bicyclic) bond motifs is 1. The molecular weight excluding hydrogens is 460 g/mol. The Kier molecular flexibility index (Phi) is 6.51. The van der Waals surface area contributed by atoms with Crippen molar-refractivity contribution in [1.29, 1.82) is 0 Å². The highest BCUT2D eigenvalue weighted by atomic mass is 32.2. The first-order valence-corrected chi connectivity index (χ1v) is 11.2. The molecule has 0 saturated carbocycles. The maximum absolute atomic E-state index is 13.2. The van der Waals surface area contributed by atoms with Crippen LogP contribution >= 0.6 is 11.8 Å². The molecule has 2 unspecified atom stereocenters. The van der Waals surface area contributed by atoms with Crippen LogP contribution in [0.3, 0.4) is 0 Å². The quantitative estimate of drug-likeness (QED) is 0.349. The molecule has 34 heavy (non-hydrogen) atoms. The molecule has 2 heterocycles. The van der Waals surface area contributed by atoms with Crippen LogP contribution in [-0.2, 0) is 35.3 Å². The molecule has 0 spiro atoms. The summed E-state index contributed by atoms with van der Waals surface area (Å²) in [5.41, 5.74) is 0.675. The Morgan fingerprint density at radius 1 is 1.06 bits per heavy atom. The molecule has 9 nitrogen and oxygen atoms in total. The maximum Gasteiger partial charge on any atom is 0.353 e. The molecule has 0 aliphatic carbocycles. The zero-order valence-electron chi connectivity index (χ0n) is 18.0. The van der Waals surface area contributed by atoms with Crippen molar-refractivity contribution in [2.45, 2.75) is 30.9 Å². The van der Waals surface area contributed by atoms with E-state index in [0.29, 0.717) is 5.56 Å². The molecule has 4 rings (SSSR count). The summed E-state index contributed by atoms with van der Waals surface area (Å²) >= 11 is 0.757. The normalized spacial score (nSPS) is 20.2. The fourth-order valence-electron chi connectivity index (χ4n) is 3.78. The van der Waals surface area contributed by atoms with Crippen molar-refractivity contribution >= 4 is 40.6 Å². The van der Waals surface area contributed by atoms with E-state index < -0.39 is 51.9 Å². The van der Waals surface area contributed by atoms with Crippen molar-refractivity contribution in [3.8, 4) is 0 Å². The minimum Gasteiger partial charge on any atom is -0.477 e. The number of esters is 1. The predicted molar refractivity (Wildman–Crippen MR) is 121 cm³/mol. The van der Waals surface area contributed by atoms with Crippen LogP contribution in [-0.4, -0.2) is 50.3 Å². The van der Waals surface area contributed by atoms with Gasteiger partial charge in [0.25, 0.3) is 5.91 Å². The van der Waals surface area contributed by atoms with Gasteiger partial charge >= 0.3 is 11.9 Å². The van der Waals surface area contributed by atoms with Crippen molar-refractivity contribution in [2.24, 2.45) is 0 Å². The lowest BCUT2D eigenvalue weighted by Crippen LogP contribution is -2.71. The number of hydrogen-bond acceptors (Lipinski definition) is 7. The van der Waals surface area contributed by atoms with Crippen LogP contribution in [0.5, 0.6) is 0 Å². The summed E-state index contributed by atoms with van der Waals surface area (Å²) in [4.78, 5) is 63.6. The molecule has 1 fully saturated rings. The number of amides is 2. The predicted octanol–water partition coefficient (Wildman–Crippen LogP) is 1.80. The van der Waals surface area contributed by atoms with E-state index in [1.54, 1.807) is 54.6 Å². The third kappa shape index (κ3) is 4.32. The van der Waals surface area contributed by atoms with Crippen LogP contribution in [0.2, 0.25) is 0 Å². The Morgan fingerprint density at radius 3 is 2.29 bits per heavy atom. The third-order valence-corrected chi connectivity index (χ3v) is 6.77. The van der Waals surface area contributed by atoms with Gasteiger partial charge in [-0.05, 0) is 18.1 Å². The molecule has 10 heteroatoms. The molecule has 2 aliphatic rings. The molecule has 2 aliphatic heterocycles. The van der Waals surface area contributed by atoms with E-state index >= 15 is 0 Å². The number of carbonyl (C=O) groups is 5. The first kappa shape index (κ1) is 23.2. The molecule has 0 aromatic heterocycles. The Bertz CT molecular complexity index is 1200. The van der Waals surface area contributed by atoms with Gasteiger partial charge in [0.05, 0.1) is 0 Å². The second-order valence-corrected chi connectivity index (χ2v) is 8.80. The molecule has 2 aromatic rings. The van der Waals surface area contributed by atoms with Crippen LogP contribution in [0.4, 0.5) is 0 Å². The smallest absolute Gasteiger partial charge is 0.353 e. The number of nitrogens with zero attached hydrogens (tertiary/aromatic N) is 1. The van der Waals surface area contributed by atoms with Gasteiger partial charge in [0.15, 0.2) is 5.92 Å². The number of ether oxygens (including phenoxy) is 1. The average Bonchev–Trinajstić information content (AvgIpc) is 2.84. The lowest BCUT2D eigenvalue weighted by atomic mass is 9.96. The summed E-state index contributed by atoms with van der Waals surface area (Å²) in [6.45, 7) is 1.30. The number of hydrogen-bond donors (Lipinski definition) is 2. The fourth-order valence-corrected chi connectivity index (χ4v) is 4.91. The highest BCUT2D eigenvalue weighted by molar-refractivity contribution is 8.14. The number of thioether (sulfide) groups is 1. The zero-order valence-corrected chi connectivity index (χ0v) is 18.8. The Labute approximate surface area is 198 Å². The molecule has 3 atom stereocenters. The van der Waals surface area contributed by atoms with E-state index in [0.717, 1.165) is 22.2 Å². The number of benzene rings is 2. The summed E-state index contributed by atoms with van der Waals surface area (Å²) in [6, 6.07) is 16.1. The second-order valence-electron chi connectivity index (χ2n) is 7.71. The number of aliphatic carboxylic acids is 1. The molecule has 2 amide bonds.